The lowest BCUT2D eigenvalue weighted by Gasteiger charge is -1.94. The molecule has 3 aromatic rings. The Morgan fingerprint density at radius 2 is 2.33 bits per heavy atom. The van der Waals surface area contributed by atoms with Crippen LogP contribution < -0.4 is 5.32 Å². The first kappa shape index (κ1) is 10.8. The molecule has 3 rings (SSSR count). The van der Waals surface area contributed by atoms with E-state index in [1.165, 1.54) is 23.8 Å². The standard InChI is InChI=1S/C11H8N4O2S/c1-6-4-7-8(13-5-6)14-11(18-7)15-9(16)10-12-2-3-17-10/h2-5H,1H3,(H,13,14,15,16). The van der Waals surface area contributed by atoms with Gasteiger partial charge in [0.1, 0.15) is 6.26 Å². The number of aryl methyl sites for hydroxylation is 1. The zero-order chi connectivity index (χ0) is 12.5. The van der Waals surface area contributed by atoms with Crippen molar-refractivity contribution in [3.63, 3.8) is 0 Å². The van der Waals surface area contributed by atoms with Crippen molar-refractivity contribution in [3.05, 3.63) is 36.2 Å². The van der Waals surface area contributed by atoms with Crippen LogP contribution in [0.15, 0.2) is 29.1 Å². The van der Waals surface area contributed by atoms with Gasteiger partial charge in [0.2, 0.25) is 0 Å². The Balaban J connectivity index is 1.89. The third-order valence-corrected chi connectivity index (χ3v) is 3.14. The van der Waals surface area contributed by atoms with E-state index in [2.05, 4.69) is 20.3 Å². The van der Waals surface area contributed by atoms with E-state index in [1.807, 2.05) is 13.0 Å². The Hall–Kier alpha value is -2.28. The molecule has 1 N–H and O–H groups in total. The lowest BCUT2D eigenvalue weighted by molar-refractivity contribution is 0.0990. The molecule has 0 radical (unpaired) electrons. The van der Waals surface area contributed by atoms with Crippen LogP contribution in [0, 0.1) is 6.92 Å². The summed E-state index contributed by atoms with van der Waals surface area (Å²) in [6.45, 7) is 1.96. The van der Waals surface area contributed by atoms with E-state index >= 15 is 0 Å². The lowest BCUT2D eigenvalue weighted by Crippen LogP contribution is -2.11. The maximum absolute atomic E-state index is 11.7. The van der Waals surface area contributed by atoms with E-state index in [0.717, 1.165) is 10.3 Å². The Bertz CT molecular complexity index is 705. The molecule has 0 saturated heterocycles. The van der Waals surface area contributed by atoms with Crippen LogP contribution in [-0.4, -0.2) is 20.9 Å². The average Bonchev–Trinajstić information content (AvgIpc) is 2.95. The molecule has 7 heteroatoms. The molecule has 3 aromatic heterocycles. The van der Waals surface area contributed by atoms with Gasteiger partial charge in [-0.1, -0.05) is 11.3 Å². The Kier molecular flexibility index (Phi) is 2.52. The summed E-state index contributed by atoms with van der Waals surface area (Å²) in [7, 11) is 0. The number of hydrogen-bond donors (Lipinski definition) is 1. The van der Waals surface area contributed by atoms with Gasteiger partial charge in [0.05, 0.1) is 10.9 Å². The number of nitrogens with one attached hydrogen (secondary N) is 1. The molecule has 6 nitrogen and oxygen atoms in total. The molecule has 90 valence electrons. The highest BCUT2D eigenvalue weighted by Crippen LogP contribution is 2.25. The fourth-order valence-electron chi connectivity index (χ4n) is 1.46. The topological polar surface area (TPSA) is 80.9 Å². The highest BCUT2D eigenvalue weighted by atomic mass is 32.1. The summed E-state index contributed by atoms with van der Waals surface area (Å²) in [5.41, 5.74) is 1.67. The van der Waals surface area contributed by atoms with Gasteiger partial charge in [-0.2, -0.15) is 4.98 Å². The van der Waals surface area contributed by atoms with Gasteiger partial charge in [-0.05, 0) is 18.6 Å². The van der Waals surface area contributed by atoms with Crippen LogP contribution >= 0.6 is 11.3 Å². The van der Waals surface area contributed by atoms with Crippen molar-refractivity contribution in [2.75, 3.05) is 5.32 Å². The van der Waals surface area contributed by atoms with Gasteiger partial charge < -0.3 is 4.42 Å². The smallest absolute Gasteiger partial charge is 0.313 e. The van der Waals surface area contributed by atoms with Crippen molar-refractivity contribution < 1.29 is 9.21 Å². The molecule has 0 aliphatic heterocycles. The first-order valence-corrected chi connectivity index (χ1v) is 5.98. The van der Waals surface area contributed by atoms with Crippen LogP contribution in [0.1, 0.15) is 16.2 Å². The van der Waals surface area contributed by atoms with Crippen LogP contribution in [0.25, 0.3) is 10.3 Å². The van der Waals surface area contributed by atoms with Crippen LogP contribution in [0.3, 0.4) is 0 Å². The summed E-state index contributed by atoms with van der Waals surface area (Å²) < 4.78 is 5.83. The zero-order valence-corrected chi connectivity index (χ0v) is 10.2. The number of carbonyl (C=O) groups excluding carboxylic acids is 1. The fourth-order valence-corrected chi connectivity index (χ4v) is 2.38. The first-order chi connectivity index (χ1) is 8.72. The van der Waals surface area contributed by atoms with Crippen LogP contribution in [-0.2, 0) is 0 Å². The molecule has 0 bridgehead atoms. The molecule has 18 heavy (non-hydrogen) atoms. The molecule has 0 aromatic carbocycles. The number of rotatable bonds is 2. The molecular formula is C11H8N4O2S. The highest BCUT2D eigenvalue weighted by molar-refractivity contribution is 7.22. The summed E-state index contributed by atoms with van der Waals surface area (Å²) in [6.07, 6.45) is 4.50. The van der Waals surface area contributed by atoms with Gasteiger partial charge >= 0.3 is 5.91 Å². The Labute approximate surface area is 106 Å². The van der Waals surface area contributed by atoms with Gasteiger partial charge in [-0.15, -0.1) is 0 Å². The van der Waals surface area contributed by atoms with Gasteiger partial charge in [0.25, 0.3) is 5.89 Å². The highest BCUT2D eigenvalue weighted by Gasteiger charge is 2.13. The van der Waals surface area contributed by atoms with Gasteiger partial charge in [-0.3, -0.25) is 10.1 Å². The number of fused-ring (bicyclic) bond motifs is 1. The number of pyridine rings is 1. The van der Waals surface area contributed by atoms with E-state index in [0.29, 0.717) is 10.8 Å². The molecule has 0 unspecified atom stereocenters. The second-order valence-electron chi connectivity index (χ2n) is 3.64. The molecule has 0 saturated carbocycles. The summed E-state index contributed by atoms with van der Waals surface area (Å²) >= 11 is 1.36. The second kappa shape index (κ2) is 4.19. The number of carbonyl (C=O) groups is 1. The predicted molar refractivity (Wildman–Crippen MR) is 66.6 cm³/mol. The molecular weight excluding hydrogens is 252 g/mol. The summed E-state index contributed by atoms with van der Waals surface area (Å²) in [4.78, 5) is 23.9. The molecule has 0 spiro atoms. The number of amides is 1. The molecule has 0 aliphatic carbocycles. The van der Waals surface area contributed by atoms with E-state index < -0.39 is 5.91 Å². The number of anilines is 1. The van der Waals surface area contributed by atoms with Gasteiger partial charge in [-0.25, -0.2) is 9.97 Å². The minimum Gasteiger partial charge on any atom is -0.441 e. The molecule has 3 heterocycles. The largest absolute Gasteiger partial charge is 0.441 e. The number of nitrogens with zero attached hydrogens (tertiary/aromatic N) is 3. The third kappa shape index (κ3) is 1.95. The van der Waals surface area contributed by atoms with Crippen LogP contribution in [0.4, 0.5) is 5.13 Å². The van der Waals surface area contributed by atoms with Crippen molar-refractivity contribution >= 4 is 32.7 Å². The monoisotopic (exact) mass is 260 g/mol. The Morgan fingerprint density at radius 1 is 1.44 bits per heavy atom. The third-order valence-electron chi connectivity index (χ3n) is 2.23. The van der Waals surface area contributed by atoms with E-state index in [9.17, 15) is 4.79 Å². The quantitative estimate of drug-likeness (QED) is 0.764. The minimum absolute atomic E-state index is 0.0124. The number of aromatic nitrogens is 3. The Morgan fingerprint density at radius 3 is 3.11 bits per heavy atom. The average molecular weight is 260 g/mol. The van der Waals surface area contributed by atoms with Crippen molar-refractivity contribution in [2.45, 2.75) is 6.92 Å². The molecule has 0 fully saturated rings. The normalized spacial score (nSPS) is 10.7. The van der Waals surface area contributed by atoms with Crippen LogP contribution in [0.5, 0.6) is 0 Å². The number of thiazole rings is 1. The summed E-state index contributed by atoms with van der Waals surface area (Å²) in [5, 5.41) is 3.10. The van der Waals surface area contributed by atoms with Crippen molar-refractivity contribution in [2.24, 2.45) is 0 Å². The zero-order valence-electron chi connectivity index (χ0n) is 9.38. The predicted octanol–water partition coefficient (Wildman–Crippen LogP) is 2.24. The summed E-state index contributed by atoms with van der Waals surface area (Å²) in [6, 6.07) is 1.97. The summed E-state index contributed by atoms with van der Waals surface area (Å²) in [5.74, 6) is -0.408. The molecule has 0 aliphatic rings. The van der Waals surface area contributed by atoms with Crippen molar-refractivity contribution in [1.29, 1.82) is 0 Å². The van der Waals surface area contributed by atoms with Crippen molar-refractivity contribution in [1.82, 2.24) is 15.0 Å². The lowest BCUT2D eigenvalue weighted by atomic mass is 10.3. The molecule has 1 amide bonds. The second-order valence-corrected chi connectivity index (χ2v) is 4.68. The van der Waals surface area contributed by atoms with E-state index in [4.69, 9.17) is 4.42 Å². The van der Waals surface area contributed by atoms with Gasteiger partial charge in [0.15, 0.2) is 10.8 Å². The number of hydrogen-bond acceptors (Lipinski definition) is 6. The molecule has 0 atom stereocenters. The maximum Gasteiger partial charge on any atom is 0.313 e. The first-order valence-electron chi connectivity index (χ1n) is 5.16. The van der Waals surface area contributed by atoms with Gasteiger partial charge in [0, 0.05) is 6.20 Å². The maximum atomic E-state index is 11.7. The SMILES string of the molecule is Cc1cnc2nc(NC(=O)c3ncco3)sc2c1. The van der Waals surface area contributed by atoms with Crippen LogP contribution in [0.2, 0.25) is 0 Å². The van der Waals surface area contributed by atoms with Crippen molar-refractivity contribution in [3.8, 4) is 0 Å². The fraction of sp³-hybridized carbons (Fsp3) is 0.0909. The number of oxazole rings is 1. The van der Waals surface area contributed by atoms with E-state index in [-0.39, 0.29) is 5.89 Å². The minimum atomic E-state index is -0.421. The van der Waals surface area contributed by atoms with E-state index in [1.54, 1.807) is 6.20 Å².